The van der Waals surface area contributed by atoms with Gasteiger partial charge in [-0.1, -0.05) is 12.1 Å². The van der Waals surface area contributed by atoms with E-state index in [2.05, 4.69) is 30.6 Å². The SMILES string of the molecule is O[C@@H]1CCCN(c2nc(Nc3cccc(C(F)(F)F)c3)nc(Nc3cccc(C(F)(F)F)n3)n2)C1. The molecule has 3 aromatic rings. The fraction of sp³-hybridized carbons (Fsp3) is 0.333. The second-order valence-corrected chi connectivity index (χ2v) is 7.76. The van der Waals surface area contributed by atoms with Crippen molar-refractivity contribution in [2.75, 3.05) is 28.6 Å². The Labute approximate surface area is 195 Å². The van der Waals surface area contributed by atoms with Crippen LogP contribution in [0.3, 0.4) is 0 Å². The molecule has 1 aliphatic rings. The van der Waals surface area contributed by atoms with Gasteiger partial charge in [-0.15, -0.1) is 0 Å². The van der Waals surface area contributed by atoms with E-state index in [0.717, 1.165) is 24.3 Å². The molecular weight excluding hydrogens is 480 g/mol. The van der Waals surface area contributed by atoms with Crippen molar-refractivity contribution in [2.45, 2.75) is 31.3 Å². The molecule has 2 aromatic heterocycles. The molecule has 0 unspecified atom stereocenters. The lowest BCUT2D eigenvalue weighted by Crippen LogP contribution is -2.39. The van der Waals surface area contributed by atoms with Crippen LogP contribution < -0.4 is 15.5 Å². The molecule has 0 aliphatic carbocycles. The number of hydrogen-bond acceptors (Lipinski definition) is 8. The van der Waals surface area contributed by atoms with E-state index >= 15 is 0 Å². The maximum atomic E-state index is 13.1. The number of nitrogens with zero attached hydrogens (tertiary/aromatic N) is 5. The van der Waals surface area contributed by atoms with Gasteiger partial charge in [-0.3, -0.25) is 0 Å². The standard InChI is InChI=1S/C21H19F6N7O/c22-20(23,24)12-4-1-5-13(10-12)28-17-31-18(30-16-8-2-7-15(29-16)21(25,26)27)33-19(32-17)34-9-3-6-14(35)11-34/h1-2,4-5,7-8,10,14,35H,3,6,9,11H2,(H2,28,29,30,31,32,33)/t14-/m1/s1. The van der Waals surface area contributed by atoms with Gasteiger partial charge in [0.05, 0.1) is 11.7 Å². The quantitative estimate of drug-likeness (QED) is 0.433. The number of aromatic nitrogens is 4. The summed E-state index contributed by atoms with van der Waals surface area (Å²) in [6, 6.07) is 7.61. The predicted molar refractivity (Wildman–Crippen MR) is 115 cm³/mol. The number of alkyl halides is 6. The van der Waals surface area contributed by atoms with Crippen molar-refractivity contribution in [1.82, 2.24) is 19.9 Å². The summed E-state index contributed by atoms with van der Waals surface area (Å²) >= 11 is 0. The number of nitrogens with one attached hydrogen (secondary N) is 2. The van der Waals surface area contributed by atoms with Crippen LogP contribution in [0.1, 0.15) is 24.1 Å². The number of aliphatic hydroxyl groups is 1. The van der Waals surface area contributed by atoms with E-state index in [4.69, 9.17) is 0 Å². The zero-order valence-corrected chi connectivity index (χ0v) is 17.9. The van der Waals surface area contributed by atoms with Gasteiger partial charge in [0.15, 0.2) is 0 Å². The van der Waals surface area contributed by atoms with E-state index in [1.54, 1.807) is 4.90 Å². The normalized spacial score (nSPS) is 16.8. The van der Waals surface area contributed by atoms with Gasteiger partial charge >= 0.3 is 12.4 Å². The molecule has 1 aromatic carbocycles. The third-order valence-electron chi connectivity index (χ3n) is 5.03. The molecular formula is C21H19F6N7O. The van der Waals surface area contributed by atoms with Crippen LogP contribution in [0.25, 0.3) is 0 Å². The molecule has 1 saturated heterocycles. The van der Waals surface area contributed by atoms with E-state index < -0.39 is 29.7 Å². The Hall–Kier alpha value is -3.68. The van der Waals surface area contributed by atoms with Crippen molar-refractivity contribution in [3.63, 3.8) is 0 Å². The number of rotatable bonds is 5. The van der Waals surface area contributed by atoms with Gasteiger partial charge in [0.2, 0.25) is 17.8 Å². The molecule has 0 saturated carbocycles. The zero-order valence-electron chi connectivity index (χ0n) is 17.9. The van der Waals surface area contributed by atoms with E-state index in [9.17, 15) is 31.4 Å². The highest BCUT2D eigenvalue weighted by molar-refractivity contribution is 5.59. The molecule has 4 rings (SSSR count). The lowest BCUT2D eigenvalue weighted by Gasteiger charge is -2.30. The Bertz CT molecular complexity index is 1110. The first-order valence-corrected chi connectivity index (χ1v) is 10.4. The zero-order chi connectivity index (χ0) is 25.2. The number of β-amino-alcohol motifs (C(OH)–C–C–N with tert-alkyl or cyclic N) is 1. The topological polar surface area (TPSA) is 99.1 Å². The Balaban J connectivity index is 1.67. The average Bonchev–Trinajstić information content (AvgIpc) is 2.78. The highest BCUT2D eigenvalue weighted by Crippen LogP contribution is 2.32. The lowest BCUT2D eigenvalue weighted by molar-refractivity contribution is -0.141. The van der Waals surface area contributed by atoms with Crippen molar-refractivity contribution in [2.24, 2.45) is 0 Å². The molecule has 1 atom stereocenters. The van der Waals surface area contributed by atoms with Crippen LogP contribution in [-0.4, -0.2) is 44.2 Å². The van der Waals surface area contributed by atoms with Crippen molar-refractivity contribution in [3.05, 3.63) is 53.7 Å². The van der Waals surface area contributed by atoms with E-state index in [1.807, 2.05) is 0 Å². The maximum Gasteiger partial charge on any atom is 0.433 e. The second kappa shape index (κ2) is 9.52. The number of benzene rings is 1. The molecule has 3 N–H and O–H groups in total. The van der Waals surface area contributed by atoms with Crippen molar-refractivity contribution in [1.29, 1.82) is 0 Å². The largest absolute Gasteiger partial charge is 0.433 e. The molecule has 0 spiro atoms. The highest BCUT2D eigenvalue weighted by atomic mass is 19.4. The first-order valence-electron chi connectivity index (χ1n) is 10.4. The Morgan fingerprint density at radius 2 is 1.57 bits per heavy atom. The maximum absolute atomic E-state index is 13.1. The first kappa shape index (κ1) is 24.4. The Kier molecular flexibility index (Phi) is 6.65. The summed E-state index contributed by atoms with van der Waals surface area (Å²) < 4.78 is 78.3. The summed E-state index contributed by atoms with van der Waals surface area (Å²) in [6.07, 6.45) is -8.64. The number of pyridine rings is 1. The third kappa shape index (κ3) is 6.26. The highest BCUT2D eigenvalue weighted by Gasteiger charge is 2.33. The van der Waals surface area contributed by atoms with E-state index in [-0.39, 0.29) is 35.9 Å². The predicted octanol–water partition coefficient (Wildman–Crippen LogP) is 4.75. The van der Waals surface area contributed by atoms with Gasteiger partial charge in [-0.2, -0.15) is 41.3 Å². The summed E-state index contributed by atoms with van der Waals surface area (Å²) in [4.78, 5) is 17.7. The van der Waals surface area contributed by atoms with Gasteiger partial charge < -0.3 is 20.6 Å². The molecule has 0 amide bonds. The molecule has 1 aliphatic heterocycles. The number of hydrogen-bond donors (Lipinski definition) is 3. The lowest BCUT2D eigenvalue weighted by atomic mass is 10.1. The van der Waals surface area contributed by atoms with Crippen molar-refractivity contribution < 1.29 is 31.4 Å². The molecule has 0 bridgehead atoms. The van der Waals surface area contributed by atoms with Gasteiger partial charge in [0.25, 0.3) is 0 Å². The summed E-state index contributed by atoms with van der Waals surface area (Å²) in [5.41, 5.74) is -1.97. The number of halogens is 6. The van der Waals surface area contributed by atoms with Crippen molar-refractivity contribution in [3.8, 4) is 0 Å². The van der Waals surface area contributed by atoms with E-state index in [1.165, 1.54) is 18.2 Å². The van der Waals surface area contributed by atoms with Crippen LogP contribution in [0.2, 0.25) is 0 Å². The van der Waals surface area contributed by atoms with Crippen LogP contribution in [0.4, 0.5) is 55.7 Å². The number of piperidine rings is 1. The molecule has 14 heteroatoms. The monoisotopic (exact) mass is 499 g/mol. The van der Waals surface area contributed by atoms with Crippen molar-refractivity contribution >= 4 is 29.4 Å². The molecule has 0 radical (unpaired) electrons. The third-order valence-corrected chi connectivity index (χ3v) is 5.03. The summed E-state index contributed by atoms with van der Waals surface area (Å²) in [5.74, 6) is -0.441. The second-order valence-electron chi connectivity index (χ2n) is 7.76. The van der Waals surface area contributed by atoms with Crippen LogP contribution in [0, 0.1) is 0 Å². The summed E-state index contributed by atoms with van der Waals surface area (Å²) in [5, 5.41) is 15.3. The fourth-order valence-corrected chi connectivity index (χ4v) is 3.43. The summed E-state index contributed by atoms with van der Waals surface area (Å²) in [7, 11) is 0. The first-order chi connectivity index (χ1) is 16.5. The molecule has 8 nitrogen and oxygen atoms in total. The van der Waals surface area contributed by atoms with E-state index in [0.29, 0.717) is 19.4 Å². The van der Waals surface area contributed by atoms with Crippen LogP contribution in [0.5, 0.6) is 0 Å². The van der Waals surface area contributed by atoms with Gasteiger partial charge in [0, 0.05) is 18.8 Å². The minimum absolute atomic E-state index is 0.0406. The number of aliphatic hydroxyl groups excluding tert-OH is 1. The van der Waals surface area contributed by atoms with Gasteiger partial charge in [-0.25, -0.2) is 4.98 Å². The minimum atomic E-state index is -4.66. The minimum Gasteiger partial charge on any atom is -0.391 e. The smallest absolute Gasteiger partial charge is 0.391 e. The van der Waals surface area contributed by atoms with Gasteiger partial charge in [-0.05, 0) is 43.2 Å². The molecule has 35 heavy (non-hydrogen) atoms. The number of anilines is 5. The molecule has 186 valence electrons. The average molecular weight is 499 g/mol. The van der Waals surface area contributed by atoms with Crippen LogP contribution in [0.15, 0.2) is 42.5 Å². The molecule has 1 fully saturated rings. The Morgan fingerprint density at radius 1 is 0.857 bits per heavy atom. The Morgan fingerprint density at radius 3 is 2.26 bits per heavy atom. The molecule has 3 heterocycles. The van der Waals surface area contributed by atoms with Crippen LogP contribution >= 0.6 is 0 Å². The summed E-state index contributed by atoms with van der Waals surface area (Å²) in [6.45, 7) is 0.694. The fourth-order valence-electron chi connectivity index (χ4n) is 3.43. The van der Waals surface area contributed by atoms with Crippen LogP contribution in [-0.2, 0) is 12.4 Å². The van der Waals surface area contributed by atoms with Gasteiger partial charge in [0.1, 0.15) is 11.5 Å².